The minimum absolute atomic E-state index is 0.0106. The summed E-state index contributed by atoms with van der Waals surface area (Å²) in [7, 11) is 0. The van der Waals surface area contributed by atoms with Gasteiger partial charge in [-0.2, -0.15) is 26.3 Å². The molecule has 0 unspecified atom stereocenters. The minimum atomic E-state index is -5.02. The van der Waals surface area contributed by atoms with Crippen LogP contribution in [0.1, 0.15) is 67.9 Å². The first-order valence-corrected chi connectivity index (χ1v) is 10.1. The molecule has 2 amide bonds. The highest BCUT2D eigenvalue weighted by atomic mass is 19.4. The number of hydrogen-bond donors (Lipinski definition) is 2. The molecule has 0 bridgehead atoms. The smallest absolute Gasteiger partial charge is 0.416 e. The van der Waals surface area contributed by atoms with Crippen molar-refractivity contribution in [1.82, 2.24) is 10.6 Å². The molecule has 0 radical (unpaired) electrons. The molecule has 1 aromatic rings. The Hall–Kier alpha value is -2.46. The van der Waals surface area contributed by atoms with Crippen molar-refractivity contribution in [3.05, 3.63) is 34.9 Å². The topological polar surface area (TPSA) is 67.4 Å². The third-order valence-corrected chi connectivity index (χ3v) is 4.97. The molecule has 32 heavy (non-hydrogen) atoms. The Labute approximate surface area is 181 Å². The maximum absolute atomic E-state index is 13.0. The average Bonchev–Trinajstić information content (AvgIpc) is 2.64. The quantitative estimate of drug-likeness (QED) is 0.571. The zero-order valence-electron chi connectivity index (χ0n) is 17.9. The summed E-state index contributed by atoms with van der Waals surface area (Å²) in [5.74, 6) is -1.01. The number of ether oxygens (including phenoxy) is 1. The van der Waals surface area contributed by atoms with Gasteiger partial charge in [0.05, 0.1) is 11.1 Å². The number of rotatable bonds is 4. The molecule has 1 saturated carbocycles. The van der Waals surface area contributed by atoms with E-state index in [0.29, 0.717) is 37.8 Å². The Morgan fingerprint density at radius 1 is 0.906 bits per heavy atom. The molecule has 11 heteroatoms. The van der Waals surface area contributed by atoms with Crippen LogP contribution in [0.5, 0.6) is 0 Å². The van der Waals surface area contributed by atoms with Crippen molar-refractivity contribution in [2.24, 2.45) is 5.92 Å². The van der Waals surface area contributed by atoms with Crippen LogP contribution in [-0.4, -0.2) is 30.2 Å². The van der Waals surface area contributed by atoms with Crippen molar-refractivity contribution in [2.75, 3.05) is 6.54 Å². The van der Waals surface area contributed by atoms with E-state index in [4.69, 9.17) is 4.74 Å². The zero-order chi connectivity index (χ0) is 24.3. The first kappa shape index (κ1) is 25.8. The molecule has 0 aliphatic heterocycles. The highest BCUT2D eigenvalue weighted by molar-refractivity contribution is 5.94. The summed E-state index contributed by atoms with van der Waals surface area (Å²) in [4.78, 5) is 24.1. The van der Waals surface area contributed by atoms with Gasteiger partial charge in [-0.3, -0.25) is 4.79 Å². The van der Waals surface area contributed by atoms with Crippen molar-refractivity contribution >= 4 is 12.0 Å². The highest BCUT2D eigenvalue weighted by Gasteiger charge is 2.37. The van der Waals surface area contributed by atoms with E-state index in [0.717, 1.165) is 0 Å². The summed E-state index contributed by atoms with van der Waals surface area (Å²) in [6.07, 6.45) is -8.09. The molecule has 2 rings (SSSR count). The maximum atomic E-state index is 13.0. The minimum Gasteiger partial charge on any atom is -0.444 e. The molecule has 180 valence electrons. The molecule has 2 N–H and O–H groups in total. The van der Waals surface area contributed by atoms with E-state index in [9.17, 15) is 35.9 Å². The highest BCUT2D eigenvalue weighted by Crippen LogP contribution is 2.36. The summed E-state index contributed by atoms with van der Waals surface area (Å²) in [5.41, 5.74) is -4.40. The normalized spacial score (nSPS) is 19.9. The van der Waals surface area contributed by atoms with Gasteiger partial charge in [0, 0.05) is 18.2 Å². The molecule has 1 aromatic carbocycles. The summed E-state index contributed by atoms with van der Waals surface area (Å²) < 4.78 is 82.9. The Balaban J connectivity index is 1.93. The molecule has 5 nitrogen and oxygen atoms in total. The van der Waals surface area contributed by atoms with Crippen molar-refractivity contribution in [3.8, 4) is 0 Å². The van der Waals surface area contributed by atoms with Gasteiger partial charge in [-0.25, -0.2) is 4.79 Å². The van der Waals surface area contributed by atoms with E-state index >= 15 is 0 Å². The van der Waals surface area contributed by atoms with Gasteiger partial charge >= 0.3 is 18.4 Å². The van der Waals surface area contributed by atoms with Gasteiger partial charge in [0.25, 0.3) is 5.91 Å². The number of hydrogen-bond acceptors (Lipinski definition) is 3. The molecule has 1 aliphatic carbocycles. The van der Waals surface area contributed by atoms with Crippen LogP contribution in [0.2, 0.25) is 0 Å². The Morgan fingerprint density at radius 2 is 1.41 bits per heavy atom. The van der Waals surface area contributed by atoms with E-state index in [1.807, 2.05) is 0 Å². The van der Waals surface area contributed by atoms with Gasteiger partial charge in [-0.1, -0.05) is 0 Å². The van der Waals surface area contributed by atoms with Gasteiger partial charge in [-0.05, 0) is 70.6 Å². The van der Waals surface area contributed by atoms with Crippen LogP contribution in [0.4, 0.5) is 31.1 Å². The Bertz CT molecular complexity index is 790. The third-order valence-electron chi connectivity index (χ3n) is 4.97. The second-order valence-corrected chi connectivity index (χ2v) is 8.87. The van der Waals surface area contributed by atoms with Gasteiger partial charge in [0.15, 0.2) is 0 Å². The molecular formula is C21H26F6N2O3. The van der Waals surface area contributed by atoms with E-state index in [1.165, 1.54) is 0 Å². The van der Waals surface area contributed by atoms with E-state index in [1.54, 1.807) is 20.8 Å². The molecular weight excluding hydrogens is 442 g/mol. The van der Waals surface area contributed by atoms with Crippen molar-refractivity contribution in [1.29, 1.82) is 0 Å². The standard InChI is InChI=1S/C21H26F6N2O3/c1-19(2,3)32-18(31)29-16-6-4-12(5-7-16)11-28-17(30)13-8-14(20(22,23)24)10-15(9-13)21(25,26)27/h8-10,12,16H,4-7,11H2,1-3H3,(H,28,30)(H,29,31)/t12-,16+. The van der Waals surface area contributed by atoms with Gasteiger partial charge < -0.3 is 15.4 Å². The number of halogens is 6. The summed E-state index contributed by atoms with van der Waals surface area (Å²) in [5, 5.41) is 5.19. The van der Waals surface area contributed by atoms with E-state index in [2.05, 4.69) is 10.6 Å². The lowest BCUT2D eigenvalue weighted by Gasteiger charge is -2.30. The number of amides is 2. The molecule has 0 heterocycles. The molecule has 0 saturated heterocycles. The van der Waals surface area contributed by atoms with Gasteiger partial charge in [-0.15, -0.1) is 0 Å². The van der Waals surface area contributed by atoms with Crippen LogP contribution in [0.3, 0.4) is 0 Å². The first-order chi connectivity index (χ1) is 14.5. The third kappa shape index (κ3) is 7.90. The number of nitrogens with one attached hydrogen (secondary N) is 2. The fourth-order valence-electron chi connectivity index (χ4n) is 3.41. The van der Waals surface area contributed by atoms with Crippen molar-refractivity contribution in [2.45, 2.75) is 70.4 Å². The van der Waals surface area contributed by atoms with E-state index < -0.39 is 46.6 Å². The zero-order valence-corrected chi connectivity index (χ0v) is 17.9. The van der Waals surface area contributed by atoms with E-state index in [-0.39, 0.29) is 24.6 Å². The second-order valence-electron chi connectivity index (χ2n) is 8.87. The van der Waals surface area contributed by atoms with Crippen LogP contribution < -0.4 is 10.6 Å². The van der Waals surface area contributed by atoms with Gasteiger partial charge in [0.1, 0.15) is 5.60 Å². The fourth-order valence-corrected chi connectivity index (χ4v) is 3.41. The number of alkyl carbamates (subject to hydrolysis) is 1. The summed E-state index contributed by atoms with van der Waals surface area (Å²) in [6, 6.07) is 0.698. The molecule has 0 atom stereocenters. The average molecular weight is 468 g/mol. The summed E-state index contributed by atoms with van der Waals surface area (Å²) >= 11 is 0. The molecule has 1 fully saturated rings. The lowest BCUT2D eigenvalue weighted by Crippen LogP contribution is -2.42. The number of carbonyl (C=O) groups excluding carboxylic acids is 2. The monoisotopic (exact) mass is 468 g/mol. The second kappa shape index (κ2) is 9.58. The lowest BCUT2D eigenvalue weighted by atomic mass is 9.86. The van der Waals surface area contributed by atoms with Gasteiger partial charge in [0.2, 0.25) is 0 Å². The Kier molecular flexibility index (Phi) is 7.72. The van der Waals surface area contributed by atoms with Crippen LogP contribution in [0, 0.1) is 5.92 Å². The van der Waals surface area contributed by atoms with Crippen molar-refractivity contribution < 1.29 is 40.7 Å². The molecule has 0 spiro atoms. The number of benzene rings is 1. The fraction of sp³-hybridized carbons (Fsp3) is 0.619. The predicted octanol–water partition coefficient (Wildman–Crippen LogP) is 5.54. The number of carbonyl (C=O) groups is 2. The largest absolute Gasteiger partial charge is 0.444 e. The van der Waals surface area contributed by atoms with Crippen LogP contribution in [0.15, 0.2) is 18.2 Å². The summed E-state index contributed by atoms with van der Waals surface area (Å²) in [6.45, 7) is 5.34. The van der Waals surface area contributed by atoms with Crippen LogP contribution in [-0.2, 0) is 17.1 Å². The van der Waals surface area contributed by atoms with Crippen LogP contribution >= 0.6 is 0 Å². The first-order valence-electron chi connectivity index (χ1n) is 10.1. The SMILES string of the molecule is CC(C)(C)OC(=O)N[C@H]1CC[C@@H](CNC(=O)c2cc(C(F)(F)F)cc(C(F)(F)F)c2)CC1. The number of alkyl halides is 6. The maximum Gasteiger partial charge on any atom is 0.416 e. The molecule has 1 aliphatic rings. The van der Waals surface area contributed by atoms with Crippen LogP contribution in [0.25, 0.3) is 0 Å². The lowest BCUT2D eigenvalue weighted by molar-refractivity contribution is -0.143. The Morgan fingerprint density at radius 3 is 1.84 bits per heavy atom. The predicted molar refractivity (Wildman–Crippen MR) is 104 cm³/mol. The molecule has 0 aromatic heterocycles. The van der Waals surface area contributed by atoms with Crippen molar-refractivity contribution in [3.63, 3.8) is 0 Å².